The molecule has 17 heavy (non-hydrogen) atoms. The number of esters is 1. The third-order valence-corrected chi connectivity index (χ3v) is 2.85. The highest BCUT2D eigenvalue weighted by Gasteiger charge is 1.96. The molecule has 98 valence electrons. The van der Waals surface area contributed by atoms with Crippen molar-refractivity contribution in [2.24, 2.45) is 0 Å². The minimum atomic E-state index is -0.541. The van der Waals surface area contributed by atoms with Gasteiger partial charge in [-0.3, -0.25) is 0 Å². The lowest BCUT2D eigenvalue weighted by Gasteiger charge is -2.02. The van der Waals surface area contributed by atoms with Crippen molar-refractivity contribution in [2.45, 2.75) is 71.1 Å². The Morgan fingerprint density at radius 3 is 1.88 bits per heavy atom. The molecule has 0 aliphatic rings. The van der Waals surface area contributed by atoms with Crippen LogP contribution in [0.5, 0.6) is 0 Å². The Kier molecular flexibility index (Phi) is 12.3. The first kappa shape index (κ1) is 16.0. The summed E-state index contributed by atoms with van der Waals surface area (Å²) in [4.78, 5) is 10.6. The predicted octanol–water partition coefficient (Wildman–Crippen LogP) is 4.08. The first-order chi connectivity index (χ1) is 8.31. The number of ether oxygens (including phenoxy) is 1. The van der Waals surface area contributed by atoms with Gasteiger partial charge >= 0.3 is 5.97 Å². The minimum Gasteiger partial charge on any atom is -0.456 e. The van der Waals surface area contributed by atoms with Gasteiger partial charge in [0.25, 0.3) is 0 Å². The van der Waals surface area contributed by atoms with Gasteiger partial charge in [-0.05, 0) is 6.42 Å². The number of rotatable bonds is 11. The van der Waals surface area contributed by atoms with Crippen LogP contribution in [0.2, 0.25) is 0 Å². The predicted molar refractivity (Wildman–Crippen MR) is 71.6 cm³/mol. The van der Waals surface area contributed by atoms with E-state index >= 15 is 0 Å². The summed E-state index contributed by atoms with van der Waals surface area (Å²) in [5.74, 6) is 1.40. The van der Waals surface area contributed by atoms with Gasteiger partial charge in [0.2, 0.25) is 0 Å². The fourth-order valence-corrected chi connectivity index (χ4v) is 1.80. The summed E-state index contributed by atoms with van der Waals surface area (Å²) >= 11 is 0. The number of unbranched alkanes of at least 4 members (excludes halogenated alkanes) is 9. The van der Waals surface area contributed by atoms with Crippen LogP contribution in [0, 0.1) is 12.3 Å². The van der Waals surface area contributed by atoms with Crippen molar-refractivity contribution in [3.8, 4) is 12.3 Å². The number of hydrogen-bond acceptors (Lipinski definition) is 2. The van der Waals surface area contributed by atoms with Crippen LogP contribution in [0.25, 0.3) is 0 Å². The zero-order chi connectivity index (χ0) is 12.8. The molecule has 0 bridgehead atoms. The second-order valence-corrected chi connectivity index (χ2v) is 4.46. The molecule has 0 spiro atoms. The van der Waals surface area contributed by atoms with Gasteiger partial charge in [-0.25, -0.2) is 4.79 Å². The van der Waals surface area contributed by atoms with Crippen LogP contribution in [0.15, 0.2) is 0 Å². The topological polar surface area (TPSA) is 26.3 Å². The Balaban J connectivity index is 2.99. The molecular weight excluding hydrogens is 212 g/mol. The molecule has 0 radical (unpaired) electrons. The van der Waals surface area contributed by atoms with Crippen molar-refractivity contribution in [3.63, 3.8) is 0 Å². The molecule has 0 aromatic carbocycles. The Morgan fingerprint density at radius 1 is 0.941 bits per heavy atom. The van der Waals surface area contributed by atoms with E-state index in [1.54, 1.807) is 0 Å². The maximum absolute atomic E-state index is 10.6. The molecule has 0 atom stereocenters. The highest BCUT2D eigenvalue weighted by Crippen LogP contribution is 2.10. The van der Waals surface area contributed by atoms with Crippen molar-refractivity contribution in [3.05, 3.63) is 0 Å². The second kappa shape index (κ2) is 13.1. The van der Waals surface area contributed by atoms with Gasteiger partial charge in [0, 0.05) is 5.92 Å². The quantitative estimate of drug-likeness (QED) is 0.234. The average Bonchev–Trinajstić information content (AvgIpc) is 2.35. The van der Waals surface area contributed by atoms with E-state index in [1.807, 2.05) is 5.92 Å². The van der Waals surface area contributed by atoms with Crippen LogP contribution in [0.3, 0.4) is 0 Å². The standard InChI is InChI=1S/C15H26O2/c1-3-5-6-7-8-9-10-11-12-13-14-17-15(16)4-2/h2H,3,5-14H2,1H3. The van der Waals surface area contributed by atoms with Crippen molar-refractivity contribution in [2.75, 3.05) is 6.61 Å². The highest BCUT2D eigenvalue weighted by atomic mass is 16.5. The van der Waals surface area contributed by atoms with Crippen LogP contribution < -0.4 is 0 Å². The van der Waals surface area contributed by atoms with Gasteiger partial charge in [-0.1, -0.05) is 64.7 Å². The number of hydrogen-bond donors (Lipinski definition) is 0. The molecule has 0 N–H and O–H groups in total. The zero-order valence-electron chi connectivity index (χ0n) is 11.2. The summed E-state index contributed by atoms with van der Waals surface area (Å²) < 4.78 is 4.79. The first-order valence-electron chi connectivity index (χ1n) is 6.94. The van der Waals surface area contributed by atoms with E-state index in [0.29, 0.717) is 6.61 Å². The molecule has 0 fully saturated rings. The zero-order valence-corrected chi connectivity index (χ0v) is 11.2. The maximum atomic E-state index is 10.6. The SMILES string of the molecule is C#CC(=O)OCCCCCCCCCCCC. The van der Waals surface area contributed by atoms with E-state index in [4.69, 9.17) is 11.2 Å². The monoisotopic (exact) mass is 238 g/mol. The van der Waals surface area contributed by atoms with Gasteiger partial charge in [0.05, 0.1) is 6.61 Å². The van der Waals surface area contributed by atoms with Gasteiger partial charge in [0.15, 0.2) is 0 Å². The van der Waals surface area contributed by atoms with Crippen LogP contribution in [-0.4, -0.2) is 12.6 Å². The van der Waals surface area contributed by atoms with Crippen molar-refractivity contribution in [1.82, 2.24) is 0 Å². The fourth-order valence-electron chi connectivity index (χ4n) is 1.80. The lowest BCUT2D eigenvalue weighted by molar-refractivity contribution is -0.136. The van der Waals surface area contributed by atoms with E-state index in [1.165, 1.54) is 51.4 Å². The number of carbonyl (C=O) groups is 1. The molecule has 2 heteroatoms. The molecule has 0 saturated heterocycles. The summed E-state index contributed by atoms with van der Waals surface area (Å²) in [6.07, 6.45) is 17.7. The summed E-state index contributed by atoms with van der Waals surface area (Å²) in [6.45, 7) is 2.71. The van der Waals surface area contributed by atoms with Gasteiger partial charge in [-0.2, -0.15) is 0 Å². The molecule has 0 aromatic rings. The maximum Gasteiger partial charge on any atom is 0.384 e. The Labute approximate surface area is 106 Å². The Hall–Kier alpha value is -0.970. The van der Waals surface area contributed by atoms with Gasteiger partial charge in [0.1, 0.15) is 0 Å². The first-order valence-corrected chi connectivity index (χ1v) is 6.94. The van der Waals surface area contributed by atoms with Crippen LogP contribution in [0.4, 0.5) is 0 Å². The average molecular weight is 238 g/mol. The van der Waals surface area contributed by atoms with Crippen molar-refractivity contribution >= 4 is 5.97 Å². The van der Waals surface area contributed by atoms with E-state index in [9.17, 15) is 4.79 Å². The third-order valence-electron chi connectivity index (χ3n) is 2.85. The molecule has 0 aliphatic carbocycles. The third kappa shape index (κ3) is 13.0. The molecule has 0 rings (SSSR count). The Bertz CT molecular complexity index is 215. The second-order valence-electron chi connectivity index (χ2n) is 4.46. The van der Waals surface area contributed by atoms with E-state index < -0.39 is 5.97 Å². The van der Waals surface area contributed by atoms with Crippen molar-refractivity contribution < 1.29 is 9.53 Å². The van der Waals surface area contributed by atoms with Crippen LogP contribution >= 0.6 is 0 Å². The van der Waals surface area contributed by atoms with Gasteiger partial charge < -0.3 is 4.74 Å². The highest BCUT2D eigenvalue weighted by molar-refractivity contribution is 5.87. The molecule has 2 nitrogen and oxygen atoms in total. The van der Waals surface area contributed by atoms with Crippen LogP contribution in [0.1, 0.15) is 71.1 Å². The van der Waals surface area contributed by atoms with Crippen LogP contribution in [-0.2, 0) is 9.53 Å². The number of carbonyl (C=O) groups excluding carboxylic acids is 1. The Morgan fingerprint density at radius 2 is 1.41 bits per heavy atom. The van der Waals surface area contributed by atoms with E-state index in [0.717, 1.165) is 12.8 Å². The van der Waals surface area contributed by atoms with E-state index in [-0.39, 0.29) is 0 Å². The van der Waals surface area contributed by atoms with Gasteiger partial charge in [-0.15, -0.1) is 6.42 Å². The lowest BCUT2D eigenvalue weighted by atomic mass is 10.1. The molecule has 0 unspecified atom stereocenters. The summed E-state index contributed by atoms with van der Waals surface area (Å²) in [5, 5.41) is 0. The smallest absolute Gasteiger partial charge is 0.384 e. The summed E-state index contributed by atoms with van der Waals surface area (Å²) in [7, 11) is 0. The molecular formula is C15H26O2. The summed E-state index contributed by atoms with van der Waals surface area (Å²) in [5.41, 5.74) is 0. The molecule has 0 aromatic heterocycles. The lowest BCUT2D eigenvalue weighted by Crippen LogP contribution is -2.02. The molecule has 0 amide bonds. The molecule has 0 heterocycles. The molecule has 0 aliphatic heterocycles. The largest absolute Gasteiger partial charge is 0.456 e. The number of terminal acetylenes is 1. The molecule has 0 saturated carbocycles. The normalized spacial score (nSPS) is 9.88. The fraction of sp³-hybridized carbons (Fsp3) is 0.800. The summed E-state index contributed by atoms with van der Waals surface area (Å²) in [6, 6.07) is 0. The minimum absolute atomic E-state index is 0.472. The van der Waals surface area contributed by atoms with E-state index in [2.05, 4.69) is 6.92 Å². The van der Waals surface area contributed by atoms with Crippen molar-refractivity contribution in [1.29, 1.82) is 0 Å².